The third kappa shape index (κ3) is 6.50. The molecule has 4 N–H and O–H groups in total. The summed E-state index contributed by atoms with van der Waals surface area (Å²) in [6.07, 6.45) is 4.23. The number of unbranched alkanes of at least 4 members (excludes halogenated alkanes) is 1. The topological polar surface area (TPSA) is 67.2 Å². The van der Waals surface area contributed by atoms with Crippen LogP contribution in [0.3, 0.4) is 0 Å². The Morgan fingerprint density at radius 1 is 1.32 bits per heavy atom. The van der Waals surface area contributed by atoms with Crippen molar-refractivity contribution in [3.8, 4) is 0 Å². The van der Waals surface area contributed by atoms with E-state index in [1.807, 2.05) is 43.0 Å². The van der Waals surface area contributed by atoms with Gasteiger partial charge in [0.2, 0.25) is 0 Å². The fraction of sp³-hybridized carbons (Fsp3) is 0.500. The normalized spacial score (nSPS) is 11.9. The van der Waals surface area contributed by atoms with Crippen molar-refractivity contribution < 1.29 is 4.79 Å². The zero-order valence-corrected chi connectivity index (χ0v) is 12.4. The molecule has 0 radical (unpaired) electrons. The number of amides is 2. The van der Waals surface area contributed by atoms with Gasteiger partial charge in [-0.15, -0.1) is 0 Å². The molecule has 2 amide bonds. The summed E-state index contributed by atoms with van der Waals surface area (Å²) in [6.45, 7) is 2.65. The molecule has 0 bridgehead atoms. The van der Waals surface area contributed by atoms with E-state index < -0.39 is 0 Å². The molecule has 1 aromatic rings. The van der Waals surface area contributed by atoms with Crippen LogP contribution < -0.4 is 16.4 Å². The molecule has 4 nitrogen and oxygen atoms in total. The zero-order valence-electron chi connectivity index (χ0n) is 11.6. The van der Waals surface area contributed by atoms with Gasteiger partial charge in [0.05, 0.1) is 0 Å². The van der Waals surface area contributed by atoms with E-state index in [1.165, 1.54) is 0 Å². The second-order valence-corrected chi connectivity index (χ2v) is 5.48. The molecule has 106 valence electrons. The number of carbonyl (C=O) groups excluding carboxylic acids is 1. The van der Waals surface area contributed by atoms with Gasteiger partial charge in [0.1, 0.15) is 0 Å². The number of nitrogens with two attached hydrogens (primary N) is 1. The highest BCUT2D eigenvalue weighted by atomic mass is 32.2. The Morgan fingerprint density at radius 2 is 2.00 bits per heavy atom. The number of thioether (sulfide) groups is 1. The molecule has 0 saturated carbocycles. The number of hydrogen-bond donors (Lipinski definition) is 3. The summed E-state index contributed by atoms with van der Waals surface area (Å²) in [5.74, 6) is 1.14. The minimum absolute atomic E-state index is 0.0133. The number of hydrogen-bond acceptors (Lipinski definition) is 3. The minimum Gasteiger partial charge on any atom is -0.338 e. The minimum atomic E-state index is -0.155. The number of rotatable bonds is 7. The van der Waals surface area contributed by atoms with E-state index in [4.69, 9.17) is 5.73 Å². The molecule has 0 heterocycles. The van der Waals surface area contributed by atoms with Gasteiger partial charge in [0, 0.05) is 18.3 Å². The van der Waals surface area contributed by atoms with Gasteiger partial charge in [0.15, 0.2) is 0 Å². The molecular weight excluding hydrogens is 258 g/mol. The van der Waals surface area contributed by atoms with Gasteiger partial charge in [-0.1, -0.05) is 12.1 Å². The highest BCUT2D eigenvalue weighted by molar-refractivity contribution is 7.98. The molecule has 5 heteroatoms. The maximum absolute atomic E-state index is 11.6. The van der Waals surface area contributed by atoms with E-state index in [0.717, 1.165) is 29.8 Å². The highest BCUT2D eigenvalue weighted by Gasteiger charge is 2.02. The average Bonchev–Trinajstić information content (AvgIpc) is 2.39. The fourth-order valence-corrected chi connectivity index (χ4v) is 2.11. The maximum atomic E-state index is 11.6. The molecule has 0 spiro atoms. The molecule has 0 fully saturated rings. The molecule has 0 aliphatic carbocycles. The van der Waals surface area contributed by atoms with Crippen LogP contribution >= 0.6 is 11.8 Å². The Labute approximate surface area is 119 Å². The Bertz CT molecular complexity index is 379. The monoisotopic (exact) mass is 281 g/mol. The third-order valence-electron chi connectivity index (χ3n) is 2.76. The molecule has 1 atom stereocenters. The first kappa shape index (κ1) is 15.9. The van der Waals surface area contributed by atoms with Crippen LogP contribution in [-0.2, 0) is 0 Å². The maximum Gasteiger partial charge on any atom is 0.319 e. The summed E-state index contributed by atoms with van der Waals surface area (Å²) in [7, 11) is 0. The van der Waals surface area contributed by atoms with Crippen LogP contribution in [0.4, 0.5) is 10.5 Å². The molecule has 1 aromatic carbocycles. The first-order chi connectivity index (χ1) is 9.13. The Kier molecular flexibility index (Phi) is 7.36. The summed E-state index contributed by atoms with van der Waals surface area (Å²) in [5, 5.41) is 5.65. The van der Waals surface area contributed by atoms with Crippen LogP contribution in [0.15, 0.2) is 24.3 Å². The molecule has 0 aromatic heterocycles. The van der Waals surface area contributed by atoms with Crippen LogP contribution in [-0.4, -0.2) is 24.6 Å². The van der Waals surface area contributed by atoms with Crippen LogP contribution in [0, 0.1) is 0 Å². The first-order valence-corrected chi connectivity index (χ1v) is 7.92. The molecule has 19 heavy (non-hydrogen) atoms. The largest absolute Gasteiger partial charge is 0.338 e. The van der Waals surface area contributed by atoms with Crippen LogP contribution in [0.5, 0.6) is 0 Å². The van der Waals surface area contributed by atoms with Crippen molar-refractivity contribution in [3.05, 3.63) is 29.8 Å². The quantitative estimate of drug-likeness (QED) is 0.673. The lowest BCUT2D eigenvalue weighted by atomic mass is 10.1. The first-order valence-electron chi connectivity index (χ1n) is 6.53. The summed E-state index contributed by atoms with van der Waals surface area (Å²) < 4.78 is 0. The summed E-state index contributed by atoms with van der Waals surface area (Å²) >= 11 is 1.83. The predicted octanol–water partition coefficient (Wildman–Crippen LogP) is 2.97. The van der Waals surface area contributed by atoms with Gasteiger partial charge in [0.25, 0.3) is 0 Å². The molecule has 0 aliphatic rings. The van der Waals surface area contributed by atoms with Crippen LogP contribution in [0.2, 0.25) is 0 Å². The number of benzene rings is 1. The van der Waals surface area contributed by atoms with Crippen molar-refractivity contribution in [1.29, 1.82) is 0 Å². The van der Waals surface area contributed by atoms with Gasteiger partial charge < -0.3 is 16.4 Å². The second kappa shape index (κ2) is 8.82. The number of urea groups is 1. The third-order valence-corrected chi connectivity index (χ3v) is 3.45. The summed E-state index contributed by atoms with van der Waals surface area (Å²) in [5.41, 5.74) is 7.61. The Morgan fingerprint density at radius 3 is 2.58 bits per heavy atom. The molecule has 1 rings (SSSR count). The van der Waals surface area contributed by atoms with Crippen molar-refractivity contribution >= 4 is 23.5 Å². The number of nitrogens with one attached hydrogen (secondary N) is 2. The Hall–Kier alpha value is -1.20. The molecular formula is C14H23N3OS. The molecule has 0 saturated heterocycles. The fourth-order valence-electron chi connectivity index (χ4n) is 1.62. The lowest BCUT2D eigenvalue weighted by Gasteiger charge is -2.09. The van der Waals surface area contributed by atoms with Crippen LogP contribution in [0.1, 0.15) is 31.4 Å². The van der Waals surface area contributed by atoms with Gasteiger partial charge in [-0.05, 0) is 49.5 Å². The van der Waals surface area contributed by atoms with E-state index in [-0.39, 0.29) is 12.1 Å². The van der Waals surface area contributed by atoms with Crippen molar-refractivity contribution in [1.82, 2.24) is 5.32 Å². The van der Waals surface area contributed by atoms with Crippen LogP contribution in [0.25, 0.3) is 0 Å². The number of anilines is 1. The summed E-state index contributed by atoms with van der Waals surface area (Å²) in [6, 6.07) is 7.45. The van der Waals surface area contributed by atoms with Gasteiger partial charge in [-0.3, -0.25) is 0 Å². The second-order valence-electron chi connectivity index (χ2n) is 4.49. The van der Waals surface area contributed by atoms with Gasteiger partial charge in [-0.25, -0.2) is 4.79 Å². The van der Waals surface area contributed by atoms with E-state index in [2.05, 4.69) is 16.9 Å². The predicted molar refractivity (Wildman–Crippen MR) is 83.7 cm³/mol. The smallest absolute Gasteiger partial charge is 0.319 e. The van der Waals surface area contributed by atoms with E-state index in [0.29, 0.717) is 6.54 Å². The van der Waals surface area contributed by atoms with Gasteiger partial charge >= 0.3 is 6.03 Å². The van der Waals surface area contributed by atoms with E-state index >= 15 is 0 Å². The number of carbonyl (C=O) groups is 1. The van der Waals surface area contributed by atoms with Crippen molar-refractivity contribution in [3.63, 3.8) is 0 Å². The molecule has 0 aliphatic heterocycles. The lowest BCUT2D eigenvalue weighted by molar-refractivity contribution is 0.252. The van der Waals surface area contributed by atoms with Crippen molar-refractivity contribution in [2.75, 3.05) is 23.9 Å². The van der Waals surface area contributed by atoms with Crippen molar-refractivity contribution in [2.24, 2.45) is 5.73 Å². The highest BCUT2D eigenvalue weighted by Crippen LogP contribution is 2.13. The Balaban J connectivity index is 2.28. The standard InChI is InChI=1S/C14H23N3OS/c1-11(15)12-5-7-13(8-6-12)17-14(18)16-9-3-4-10-19-2/h5-8,11H,3-4,9-10,15H2,1-2H3,(H2,16,17,18). The van der Waals surface area contributed by atoms with E-state index in [9.17, 15) is 4.79 Å². The summed E-state index contributed by atoms with van der Waals surface area (Å²) in [4.78, 5) is 11.6. The van der Waals surface area contributed by atoms with Gasteiger partial charge in [-0.2, -0.15) is 11.8 Å². The van der Waals surface area contributed by atoms with Crippen molar-refractivity contribution in [2.45, 2.75) is 25.8 Å². The SMILES string of the molecule is CSCCCCNC(=O)Nc1ccc(C(C)N)cc1. The van der Waals surface area contributed by atoms with E-state index in [1.54, 1.807) is 0 Å². The molecule has 1 unspecified atom stereocenters. The lowest BCUT2D eigenvalue weighted by Crippen LogP contribution is -2.29. The average molecular weight is 281 g/mol. The zero-order chi connectivity index (χ0) is 14.1.